The third-order valence-electron chi connectivity index (χ3n) is 4.71. The Morgan fingerprint density at radius 3 is 2.69 bits per heavy atom. The zero-order chi connectivity index (χ0) is 19.0. The van der Waals surface area contributed by atoms with E-state index in [1.165, 1.54) is 13.8 Å². The Hall–Kier alpha value is -2.20. The SMILES string of the molecule is CC(C)(C#Cc1cccc2c1COCCN2)C(=O)NC1(C(F)(F)F)CC1. The summed E-state index contributed by atoms with van der Waals surface area (Å²) in [6.45, 7) is 4.72. The van der Waals surface area contributed by atoms with Crippen LogP contribution >= 0.6 is 0 Å². The molecule has 1 aromatic rings. The predicted octanol–water partition coefficient (Wildman–Crippen LogP) is 3.22. The molecule has 0 aromatic heterocycles. The van der Waals surface area contributed by atoms with Crippen LogP contribution in [0.1, 0.15) is 37.8 Å². The van der Waals surface area contributed by atoms with Gasteiger partial charge in [0.1, 0.15) is 11.0 Å². The van der Waals surface area contributed by atoms with Crippen LogP contribution in [0.2, 0.25) is 0 Å². The Morgan fingerprint density at radius 2 is 2.04 bits per heavy atom. The molecule has 2 N–H and O–H groups in total. The maximum atomic E-state index is 13.1. The topological polar surface area (TPSA) is 50.4 Å². The van der Waals surface area contributed by atoms with Crippen LogP contribution in [0, 0.1) is 17.3 Å². The summed E-state index contributed by atoms with van der Waals surface area (Å²) in [5, 5.41) is 5.40. The van der Waals surface area contributed by atoms with Gasteiger partial charge in [-0.1, -0.05) is 17.9 Å². The van der Waals surface area contributed by atoms with E-state index >= 15 is 0 Å². The lowest BCUT2D eigenvalue weighted by atomic mass is 9.91. The summed E-state index contributed by atoms with van der Waals surface area (Å²) in [5.41, 5.74) is -0.810. The quantitative estimate of drug-likeness (QED) is 0.791. The number of fused-ring (bicyclic) bond motifs is 1. The number of benzene rings is 1. The van der Waals surface area contributed by atoms with Crippen LogP contribution in [0.5, 0.6) is 0 Å². The molecule has 0 saturated heterocycles. The van der Waals surface area contributed by atoms with Gasteiger partial charge < -0.3 is 15.4 Å². The van der Waals surface area contributed by atoms with Gasteiger partial charge in [-0.15, -0.1) is 0 Å². The highest BCUT2D eigenvalue weighted by atomic mass is 19.4. The minimum atomic E-state index is -4.44. The van der Waals surface area contributed by atoms with E-state index in [2.05, 4.69) is 22.5 Å². The van der Waals surface area contributed by atoms with Crippen molar-refractivity contribution in [2.75, 3.05) is 18.5 Å². The van der Waals surface area contributed by atoms with E-state index in [0.29, 0.717) is 25.3 Å². The fraction of sp³-hybridized carbons (Fsp3) is 0.526. The van der Waals surface area contributed by atoms with Gasteiger partial charge in [0.15, 0.2) is 0 Å². The third-order valence-corrected chi connectivity index (χ3v) is 4.71. The van der Waals surface area contributed by atoms with Crippen molar-refractivity contribution in [2.45, 2.75) is 45.0 Å². The van der Waals surface area contributed by atoms with E-state index in [1.807, 2.05) is 18.2 Å². The average Bonchev–Trinajstić information content (AvgIpc) is 3.36. The van der Waals surface area contributed by atoms with Gasteiger partial charge in [-0.25, -0.2) is 0 Å². The van der Waals surface area contributed by atoms with Crippen molar-refractivity contribution in [1.29, 1.82) is 0 Å². The van der Waals surface area contributed by atoms with E-state index in [-0.39, 0.29) is 12.8 Å². The molecule has 1 aliphatic carbocycles. The number of hydrogen-bond donors (Lipinski definition) is 2. The Kier molecular flexibility index (Phi) is 4.65. The second kappa shape index (κ2) is 6.51. The molecule has 0 spiro atoms. The number of carbonyl (C=O) groups excluding carboxylic acids is 1. The van der Waals surface area contributed by atoms with Gasteiger partial charge in [0, 0.05) is 23.4 Å². The fourth-order valence-corrected chi connectivity index (χ4v) is 2.72. The molecule has 1 aliphatic heterocycles. The molecule has 140 valence electrons. The van der Waals surface area contributed by atoms with Crippen LogP contribution in [-0.4, -0.2) is 30.8 Å². The Labute approximate surface area is 150 Å². The average molecular weight is 366 g/mol. The van der Waals surface area contributed by atoms with E-state index in [0.717, 1.165) is 11.3 Å². The van der Waals surface area contributed by atoms with Crippen molar-refractivity contribution in [3.63, 3.8) is 0 Å². The van der Waals surface area contributed by atoms with Crippen molar-refractivity contribution in [2.24, 2.45) is 5.41 Å². The fourth-order valence-electron chi connectivity index (χ4n) is 2.72. The summed E-state index contributed by atoms with van der Waals surface area (Å²) >= 11 is 0. The van der Waals surface area contributed by atoms with Gasteiger partial charge >= 0.3 is 6.18 Å². The van der Waals surface area contributed by atoms with Crippen LogP contribution in [0.4, 0.5) is 18.9 Å². The number of nitrogens with one attached hydrogen (secondary N) is 2. The van der Waals surface area contributed by atoms with Gasteiger partial charge in [0.2, 0.25) is 5.91 Å². The monoisotopic (exact) mass is 366 g/mol. The molecule has 1 aromatic carbocycles. The van der Waals surface area contributed by atoms with Gasteiger partial charge in [-0.2, -0.15) is 13.2 Å². The van der Waals surface area contributed by atoms with Crippen molar-refractivity contribution in [1.82, 2.24) is 5.32 Å². The number of hydrogen-bond acceptors (Lipinski definition) is 3. The molecule has 3 rings (SSSR count). The predicted molar refractivity (Wildman–Crippen MR) is 91.4 cm³/mol. The minimum Gasteiger partial charge on any atom is -0.382 e. The molecule has 0 unspecified atom stereocenters. The molecule has 1 heterocycles. The number of carbonyl (C=O) groups is 1. The van der Waals surface area contributed by atoms with Gasteiger partial charge in [-0.05, 0) is 38.8 Å². The van der Waals surface area contributed by atoms with Crippen molar-refractivity contribution in [3.8, 4) is 11.8 Å². The van der Waals surface area contributed by atoms with Crippen LogP contribution < -0.4 is 10.6 Å². The first-order chi connectivity index (χ1) is 12.1. The summed E-state index contributed by atoms with van der Waals surface area (Å²) in [7, 11) is 0. The molecule has 0 bridgehead atoms. The molecular weight excluding hydrogens is 345 g/mol. The van der Waals surface area contributed by atoms with E-state index in [1.54, 1.807) is 0 Å². The smallest absolute Gasteiger partial charge is 0.382 e. The van der Waals surface area contributed by atoms with Gasteiger partial charge in [0.05, 0.1) is 13.2 Å². The number of rotatable bonds is 2. The molecule has 4 nitrogen and oxygen atoms in total. The zero-order valence-electron chi connectivity index (χ0n) is 14.7. The number of halogens is 3. The van der Waals surface area contributed by atoms with Gasteiger partial charge in [0.25, 0.3) is 0 Å². The molecule has 7 heteroatoms. The normalized spacial score (nSPS) is 18.5. The molecule has 0 radical (unpaired) electrons. The van der Waals surface area contributed by atoms with Crippen LogP contribution in [-0.2, 0) is 16.1 Å². The van der Waals surface area contributed by atoms with Crippen LogP contribution in [0.25, 0.3) is 0 Å². The van der Waals surface area contributed by atoms with E-state index in [4.69, 9.17) is 4.74 Å². The largest absolute Gasteiger partial charge is 0.411 e. The maximum Gasteiger partial charge on any atom is 0.411 e. The lowest BCUT2D eigenvalue weighted by molar-refractivity contribution is -0.172. The molecular formula is C19H21F3N2O2. The molecule has 0 atom stereocenters. The zero-order valence-corrected chi connectivity index (χ0v) is 14.7. The number of anilines is 1. The Morgan fingerprint density at radius 1 is 1.31 bits per heavy atom. The Balaban J connectivity index is 1.80. The first-order valence-electron chi connectivity index (χ1n) is 8.51. The van der Waals surface area contributed by atoms with E-state index < -0.39 is 23.0 Å². The summed E-state index contributed by atoms with van der Waals surface area (Å²) in [6, 6.07) is 5.58. The van der Waals surface area contributed by atoms with E-state index in [9.17, 15) is 18.0 Å². The first-order valence-corrected chi connectivity index (χ1v) is 8.51. The lowest BCUT2D eigenvalue weighted by Crippen LogP contribution is -2.51. The highest BCUT2D eigenvalue weighted by Crippen LogP contribution is 2.49. The van der Waals surface area contributed by atoms with Crippen LogP contribution in [0.3, 0.4) is 0 Å². The van der Waals surface area contributed by atoms with Crippen molar-refractivity contribution >= 4 is 11.6 Å². The second-order valence-electron chi connectivity index (χ2n) is 7.22. The first kappa shape index (κ1) is 18.6. The summed E-state index contributed by atoms with van der Waals surface area (Å²) < 4.78 is 44.7. The standard InChI is InChI=1S/C19H21F3N2O2/c1-17(2,16(25)24-18(8-9-18)19(20,21)22)7-6-13-4-3-5-15-14(13)12-26-11-10-23-15/h3-5,23H,8-12H2,1-2H3,(H,24,25). The Bertz CT molecular complexity index is 771. The van der Waals surface area contributed by atoms with Gasteiger partial charge in [-0.3, -0.25) is 4.79 Å². The molecule has 1 fully saturated rings. The van der Waals surface area contributed by atoms with Crippen LogP contribution in [0.15, 0.2) is 18.2 Å². The minimum absolute atomic E-state index is 0.0824. The maximum absolute atomic E-state index is 13.1. The third kappa shape index (κ3) is 3.65. The second-order valence-corrected chi connectivity index (χ2v) is 7.22. The highest BCUT2D eigenvalue weighted by Gasteiger charge is 2.64. The molecule has 1 amide bonds. The molecule has 2 aliphatic rings. The lowest BCUT2D eigenvalue weighted by Gasteiger charge is -2.25. The number of ether oxygens (including phenoxy) is 1. The summed E-state index contributed by atoms with van der Waals surface area (Å²) in [5.74, 6) is 5.08. The van der Waals surface area contributed by atoms with Crippen molar-refractivity contribution in [3.05, 3.63) is 29.3 Å². The number of amides is 1. The summed E-state index contributed by atoms with van der Waals surface area (Å²) in [4.78, 5) is 12.4. The van der Waals surface area contributed by atoms with Crippen molar-refractivity contribution < 1.29 is 22.7 Å². The highest BCUT2D eigenvalue weighted by molar-refractivity contribution is 5.86. The summed E-state index contributed by atoms with van der Waals surface area (Å²) in [6.07, 6.45) is -4.60. The molecule has 26 heavy (non-hydrogen) atoms. The number of alkyl halides is 3. The molecule has 1 saturated carbocycles.